The molecular weight excluding hydrogens is 440 g/mol. The first-order valence-corrected chi connectivity index (χ1v) is 15.5. The summed E-state index contributed by atoms with van der Waals surface area (Å²) < 4.78 is 5.94. The van der Waals surface area contributed by atoms with Gasteiger partial charge in [-0.3, -0.25) is 4.79 Å². The number of ether oxygens (including phenoxy) is 1. The first-order chi connectivity index (χ1) is 16.7. The standard InChI is InChI=1S/C34H56O2/c1-21(2)22(3)11-12-23(4)26-15-17-32(10)28-14-13-27-30(7,8)29(36-25(6)35)16-18-33(27)24(5)34(28,33)20-19-31(26,32)9/h21,23-24,26-29H,3,11-20H2,1-2,4-10H3/t23-,24-,26-,27+,28+,29+,31-,32+,33-,34+/m1/s1. The van der Waals surface area contributed by atoms with Crippen LogP contribution in [-0.4, -0.2) is 12.1 Å². The van der Waals surface area contributed by atoms with Gasteiger partial charge in [0.05, 0.1) is 0 Å². The molecule has 0 unspecified atom stereocenters. The molecule has 5 aliphatic rings. The summed E-state index contributed by atoms with van der Waals surface area (Å²) in [7, 11) is 0. The quantitative estimate of drug-likeness (QED) is 0.270. The molecule has 10 atom stereocenters. The van der Waals surface area contributed by atoms with Gasteiger partial charge >= 0.3 is 5.97 Å². The van der Waals surface area contributed by atoms with Gasteiger partial charge in [0.15, 0.2) is 0 Å². The predicted molar refractivity (Wildman–Crippen MR) is 149 cm³/mol. The number of carbonyl (C=O) groups excluding carboxylic acids is 1. The molecule has 204 valence electrons. The highest BCUT2D eigenvalue weighted by molar-refractivity contribution is 5.66. The number of allylic oxidation sites excluding steroid dienone is 1. The zero-order valence-corrected chi connectivity index (χ0v) is 25.1. The average Bonchev–Trinajstić information content (AvgIpc) is 3.19. The van der Waals surface area contributed by atoms with E-state index in [0.29, 0.717) is 33.5 Å². The average molecular weight is 497 g/mol. The van der Waals surface area contributed by atoms with Crippen molar-refractivity contribution in [2.24, 2.45) is 62.6 Å². The smallest absolute Gasteiger partial charge is 0.302 e. The number of fused-ring (bicyclic) bond motifs is 2. The van der Waals surface area contributed by atoms with Crippen molar-refractivity contribution in [2.45, 2.75) is 133 Å². The largest absolute Gasteiger partial charge is 0.462 e. The maximum absolute atomic E-state index is 11.9. The monoisotopic (exact) mass is 496 g/mol. The van der Waals surface area contributed by atoms with Gasteiger partial charge in [-0.15, -0.1) is 0 Å². The molecule has 5 rings (SSSR count). The molecule has 0 saturated heterocycles. The van der Waals surface area contributed by atoms with Gasteiger partial charge < -0.3 is 4.74 Å². The van der Waals surface area contributed by atoms with E-state index in [1.165, 1.54) is 63.4 Å². The van der Waals surface area contributed by atoms with Crippen LogP contribution in [0.5, 0.6) is 0 Å². The Labute approximate surface area is 222 Å². The van der Waals surface area contributed by atoms with E-state index in [1.807, 2.05) is 0 Å². The molecule has 0 radical (unpaired) electrons. The zero-order chi connectivity index (χ0) is 26.5. The second-order valence-electron chi connectivity index (χ2n) is 15.8. The van der Waals surface area contributed by atoms with Crippen LogP contribution in [0.1, 0.15) is 127 Å². The minimum Gasteiger partial charge on any atom is -0.462 e. The van der Waals surface area contributed by atoms with Gasteiger partial charge in [-0.25, -0.2) is 0 Å². The van der Waals surface area contributed by atoms with Crippen LogP contribution in [0.15, 0.2) is 12.2 Å². The predicted octanol–water partition coefficient (Wildman–Crippen LogP) is 9.23. The molecule has 0 aromatic heterocycles. The lowest BCUT2D eigenvalue weighted by molar-refractivity contribution is -0.181. The number of hydrogen-bond acceptors (Lipinski definition) is 2. The molecule has 36 heavy (non-hydrogen) atoms. The lowest BCUT2D eigenvalue weighted by Crippen LogP contribution is -2.58. The highest BCUT2D eigenvalue weighted by atomic mass is 16.5. The minimum absolute atomic E-state index is 0.0832. The van der Waals surface area contributed by atoms with E-state index in [9.17, 15) is 4.79 Å². The van der Waals surface area contributed by atoms with Crippen LogP contribution in [0, 0.1) is 62.6 Å². The Kier molecular flexibility index (Phi) is 6.22. The summed E-state index contributed by atoms with van der Waals surface area (Å²) in [6.07, 6.45) is 13.4. The molecule has 0 heterocycles. The molecule has 0 amide bonds. The summed E-state index contributed by atoms with van der Waals surface area (Å²) in [6, 6.07) is 0. The zero-order valence-electron chi connectivity index (χ0n) is 25.1. The van der Waals surface area contributed by atoms with Crippen molar-refractivity contribution in [1.29, 1.82) is 0 Å². The molecule has 5 aliphatic carbocycles. The van der Waals surface area contributed by atoms with Gasteiger partial charge in [-0.1, -0.05) is 67.5 Å². The van der Waals surface area contributed by atoms with E-state index >= 15 is 0 Å². The Hall–Kier alpha value is -0.790. The second kappa shape index (κ2) is 8.35. The highest BCUT2D eigenvalue weighted by Gasteiger charge is 2.86. The van der Waals surface area contributed by atoms with Crippen molar-refractivity contribution in [1.82, 2.24) is 0 Å². The molecular formula is C34H56O2. The van der Waals surface area contributed by atoms with Gasteiger partial charge in [0.2, 0.25) is 0 Å². The van der Waals surface area contributed by atoms with Crippen LogP contribution in [0.3, 0.4) is 0 Å². The number of carbonyl (C=O) groups is 1. The van der Waals surface area contributed by atoms with Gasteiger partial charge in [0, 0.05) is 12.3 Å². The van der Waals surface area contributed by atoms with Crippen LogP contribution in [0.25, 0.3) is 0 Å². The fraction of sp³-hybridized carbons (Fsp3) is 0.912. The molecule has 0 aliphatic heterocycles. The van der Waals surface area contributed by atoms with E-state index in [2.05, 4.69) is 62.0 Å². The Balaban J connectivity index is 1.40. The van der Waals surface area contributed by atoms with Gasteiger partial charge in [-0.2, -0.15) is 0 Å². The highest BCUT2D eigenvalue weighted by Crippen LogP contribution is 2.91. The van der Waals surface area contributed by atoms with Crippen molar-refractivity contribution < 1.29 is 9.53 Å². The van der Waals surface area contributed by atoms with Crippen LogP contribution in [0.4, 0.5) is 0 Å². The first kappa shape index (κ1) is 26.8. The van der Waals surface area contributed by atoms with Gasteiger partial charge in [0.1, 0.15) is 6.10 Å². The third-order valence-corrected chi connectivity index (χ3v) is 14.5. The molecule has 2 heteroatoms. The summed E-state index contributed by atoms with van der Waals surface area (Å²) in [5, 5.41) is 0. The molecule has 5 fully saturated rings. The molecule has 5 saturated carbocycles. The Morgan fingerprint density at radius 2 is 1.53 bits per heavy atom. The van der Waals surface area contributed by atoms with Crippen molar-refractivity contribution in [3.8, 4) is 0 Å². The maximum atomic E-state index is 11.9. The Bertz CT molecular complexity index is 916. The maximum Gasteiger partial charge on any atom is 0.302 e. The van der Waals surface area contributed by atoms with Crippen LogP contribution in [-0.2, 0) is 9.53 Å². The second-order valence-corrected chi connectivity index (χ2v) is 15.8. The van der Waals surface area contributed by atoms with Gasteiger partial charge in [-0.05, 0) is 121 Å². The normalized spacial score (nSPS) is 49.3. The summed E-state index contributed by atoms with van der Waals surface area (Å²) >= 11 is 0. The van der Waals surface area contributed by atoms with Gasteiger partial charge in [0.25, 0.3) is 0 Å². The van der Waals surface area contributed by atoms with Crippen molar-refractivity contribution >= 4 is 5.97 Å². The molecule has 0 aromatic rings. The van der Waals surface area contributed by atoms with Crippen LogP contribution in [0.2, 0.25) is 0 Å². The molecule has 2 spiro atoms. The van der Waals surface area contributed by atoms with Crippen molar-refractivity contribution in [2.75, 3.05) is 0 Å². The molecule has 0 aromatic carbocycles. The van der Waals surface area contributed by atoms with Crippen molar-refractivity contribution in [3.05, 3.63) is 12.2 Å². The third-order valence-electron chi connectivity index (χ3n) is 14.5. The first-order valence-electron chi connectivity index (χ1n) is 15.5. The van der Waals surface area contributed by atoms with Crippen molar-refractivity contribution in [3.63, 3.8) is 0 Å². The number of rotatable bonds is 6. The summed E-state index contributed by atoms with van der Waals surface area (Å²) in [5.74, 6) is 4.56. The number of hydrogen-bond donors (Lipinski definition) is 0. The molecule has 0 N–H and O–H groups in total. The summed E-state index contributed by atoms with van der Waals surface area (Å²) in [5.41, 5.74) is 3.49. The lowest BCUT2D eigenvalue weighted by atomic mass is 9.41. The minimum atomic E-state index is -0.0969. The van der Waals surface area contributed by atoms with E-state index in [4.69, 9.17) is 4.74 Å². The van der Waals surface area contributed by atoms with Crippen LogP contribution >= 0.6 is 0 Å². The fourth-order valence-corrected chi connectivity index (χ4v) is 12.3. The Morgan fingerprint density at radius 3 is 2.17 bits per heavy atom. The Morgan fingerprint density at radius 1 is 0.889 bits per heavy atom. The SMILES string of the molecule is C=C(CC[C@@H](C)[C@H]1CC[C@@]2(C)[C@@H]3CC[C@H]4C(C)(C)[C@@H](OC(C)=O)CC[C@@]45[C@@H](C)[C@@]35CC[C@]12C)C(C)C. The van der Waals surface area contributed by atoms with E-state index < -0.39 is 0 Å². The van der Waals surface area contributed by atoms with E-state index in [-0.39, 0.29) is 17.5 Å². The molecule has 2 nitrogen and oxygen atoms in total. The summed E-state index contributed by atoms with van der Waals surface area (Å²) in [6.45, 7) is 26.1. The topological polar surface area (TPSA) is 26.3 Å². The fourth-order valence-electron chi connectivity index (χ4n) is 12.3. The van der Waals surface area contributed by atoms with E-state index in [0.717, 1.165) is 30.1 Å². The van der Waals surface area contributed by atoms with E-state index in [1.54, 1.807) is 6.92 Å². The molecule has 0 bridgehead atoms. The number of esters is 1. The third kappa shape index (κ3) is 3.17. The summed E-state index contributed by atoms with van der Waals surface area (Å²) in [4.78, 5) is 11.9. The van der Waals surface area contributed by atoms with Crippen LogP contribution < -0.4 is 0 Å². The lowest BCUT2D eigenvalue weighted by Gasteiger charge is -2.63.